The van der Waals surface area contributed by atoms with E-state index in [2.05, 4.69) is 0 Å². The lowest BCUT2D eigenvalue weighted by molar-refractivity contribution is -0.183. The smallest absolute Gasteiger partial charge is 0.391 e. The van der Waals surface area contributed by atoms with E-state index in [0.717, 1.165) is 0 Å². The number of halogens is 3. The van der Waals surface area contributed by atoms with Crippen LogP contribution < -0.4 is 0 Å². The Morgan fingerprint density at radius 2 is 1.89 bits per heavy atom. The topological polar surface area (TPSA) is 40.5 Å². The summed E-state index contributed by atoms with van der Waals surface area (Å²) in [4.78, 5) is 13.4. The second-order valence-electron chi connectivity index (χ2n) is 4.66. The molecule has 1 heterocycles. The summed E-state index contributed by atoms with van der Waals surface area (Å²) in [7, 11) is 0. The summed E-state index contributed by atoms with van der Waals surface area (Å²) in [6.07, 6.45) is -4.30. The zero-order chi connectivity index (χ0) is 14.0. The third kappa shape index (κ3) is 3.19. The number of likely N-dealkylation sites (tertiary alicyclic amines) is 1. The van der Waals surface area contributed by atoms with Crippen molar-refractivity contribution in [3.63, 3.8) is 0 Å². The number of phenolic OH excluding ortho intramolecular Hbond substituents is 1. The lowest BCUT2D eigenvalue weighted by Gasteiger charge is -2.33. The third-order valence-corrected chi connectivity index (χ3v) is 3.34. The Labute approximate surface area is 108 Å². The third-order valence-electron chi connectivity index (χ3n) is 3.34. The maximum absolute atomic E-state index is 12.5. The molecule has 0 atom stereocenters. The predicted octanol–water partition coefficient (Wildman–Crippen LogP) is 2.81. The van der Waals surface area contributed by atoms with Gasteiger partial charge in [-0.05, 0) is 31.0 Å². The average Bonchev–Trinajstić information content (AvgIpc) is 2.37. The molecule has 1 aliphatic heterocycles. The van der Waals surface area contributed by atoms with E-state index in [-0.39, 0.29) is 37.6 Å². The number of hydrogen-bond acceptors (Lipinski definition) is 2. The van der Waals surface area contributed by atoms with E-state index in [9.17, 15) is 23.1 Å². The largest absolute Gasteiger partial charge is 0.508 e. The molecule has 0 bridgehead atoms. The van der Waals surface area contributed by atoms with E-state index in [1.54, 1.807) is 0 Å². The Morgan fingerprint density at radius 3 is 2.42 bits per heavy atom. The number of nitrogens with zero attached hydrogens (tertiary/aromatic N) is 1. The molecule has 0 radical (unpaired) electrons. The number of phenols is 1. The van der Waals surface area contributed by atoms with E-state index in [0.29, 0.717) is 5.56 Å². The number of hydrogen-bond donors (Lipinski definition) is 1. The molecule has 2 rings (SSSR count). The van der Waals surface area contributed by atoms with Crippen LogP contribution in [0.5, 0.6) is 5.75 Å². The molecular formula is C13H14F3NO2. The molecule has 0 saturated carbocycles. The van der Waals surface area contributed by atoms with Gasteiger partial charge in [-0.1, -0.05) is 6.07 Å². The van der Waals surface area contributed by atoms with Gasteiger partial charge in [0.15, 0.2) is 0 Å². The second kappa shape index (κ2) is 5.11. The van der Waals surface area contributed by atoms with Gasteiger partial charge in [-0.15, -0.1) is 0 Å². The van der Waals surface area contributed by atoms with Gasteiger partial charge in [0.2, 0.25) is 0 Å². The lowest BCUT2D eigenvalue weighted by Crippen LogP contribution is -2.42. The standard InChI is InChI=1S/C13H14F3NO2/c14-13(15,16)10-4-6-17(7-5-10)12(19)9-2-1-3-11(18)8-9/h1-3,8,10,18H,4-7H2. The Kier molecular flexibility index (Phi) is 3.68. The zero-order valence-corrected chi connectivity index (χ0v) is 10.2. The van der Waals surface area contributed by atoms with Crippen molar-refractivity contribution in [1.82, 2.24) is 4.90 Å². The summed E-state index contributed by atoms with van der Waals surface area (Å²) in [5.74, 6) is -1.69. The molecule has 1 aromatic carbocycles. The Balaban J connectivity index is 2.00. The van der Waals surface area contributed by atoms with Crippen LogP contribution in [0, 0.1) is 5.92 Å². The molecule has 3 nitrogen and oxygen atoms in total. The van der Waals surface area contributed by atoms with Gasteiger partial charge in [0.25, 0.3) is 5.91 Å². The second-order valence-corrected chi connectivity index (χ2v) is 4.66. The minimum Gasteiger partial charge on any atom is -0.508 e. The summed E-state index contributed by atoms with van der Waals surface area (Å²) in [5, 5.41) is 9.29. The highest BCUT2D eigenvalue weighted by Crippen LogP contribution is 2.34. The van der Waals surface area contributed by atoms with E-state index in [1.807, 2.05) is 0 Å². The van der Waals surface area contributed by atoms with E-state index < -0.39 is 12.1 Å². The quantitative estimate of drug-likeness (QED) is 0.854. The number of piperidine rings is 1. The van der Waals surface area contributed by atoms with Crippen LogP contribution in [0.2, 0.25) is 0 Å². The Hall–Kier alpha value is -1.72. The normalized spacial score (nSPS) is 17.5. The summed E-state index contributed by atoms with van der Waals surface area (Å²) < 4.78 is 37.5. The van der Waals surface area contributed by atoms with Gasteiger partial charge in [-0.25, -0.2) is 0 Å². The molecule has 1 amide bonds. The molecule has 1 fully saturated rings. The highest BCUT2D eigenvalue weighted by Gasteiger charge is 2.41. The molecule has 104 valence electrons. The van der Waals surface area contributed by atoms with Gasteiger partial charge in [0, 0.05) is 18.7 Å². The summed E-state index contributed by atoms with van der Waals surface area (Å²) in [6.45, 7) is 0.192. The molecule has 0 aliphatic carbocycles. The maximum atomic E-state index is 12.5. The van der Waals surface area contributed by atoms with Crippen molar-refractivity contribution in [1.29, 1.82) is 0 Å². The zero-order valence-electron chi connectivity index (χ0n) is 10.2. The van der Waals surface area contributed by atoms with Crippen LogP contribution in [-0.2, 0) is 0 Å². The molecule has 6 heteroatoms. The van der Waals surface area contributed by atoms with Crippen LogP contribution in [0.4, 0.5) is 13.2 Å². The summed E-state index contributed by atoms with van der Waals surface area (Å²) in [6, 6.07) is 5.83. The highest BCUT2D eigenvalue weighted by molar-refractivity contribution is 5.94. The maximum Gasteiger partial charge on any atom is 0.391 e. The lowest BCUT2D eigenvalue weighted by atomic mass is 9.96. The number of rotatable bonds is 1. The minimum absolute atomic E-state index is 0.0315. The van der Waals surface area contributed by atoms with Gasteiger partial charge < -0.3 is 10.0 Å². The number of amides is 1. The first-order valence-corrected chi connectivity index (χ1v) is 6.03. The van der Waals surface area contributed by atoms with Crippen LogP contribution in [0.25, 0.3) is 0 Å². The molecule has 1 N–H and O–H groups in total. The first kappa shape index (κ1) is 13.7. The van der Waals surface area contributed by atoms with Crippen molar-refractivity contribution in [3.8, 4) is 5.75 Å². The van der Waals surface area contributed by atoms with Gasteiger partial charge in [-0.2, -0.15) is 13.2 Å². The molecule has 1 saturated heterocycles. The average molecular weight is 273 g/mol. The number of aromatic hydroxyl groups is 1. The van der Waals surface area contributed by atoms with Crippen molar-refractivity contribution in [2.45, 2.75) is 19.0 Å². The van der Waals surface area contributed by atoms with Gasteiger partial charge in [-0.3, -0.25) is 4.79 Å². The monoisotopic (exact) mass is 273 g/mol. The van der Waals surface area contributed by atoms with Gasteiger partial charge >= 0.3 is 6.18 Å². The van der Waals surface area contributed by atoms with Crippen LogP contribution in [0.1, 0.15) is 23.2 Å². The Morgan fingerprint density at radius 1 is 1.26 bits per heavy atom. The van der Waals surface area contributed by atoms with E-state index >= 15 is 0 Å². The van der Waals surface area contributed by atoms with Crippen molar-refractivity contribution < 1.29 is 23.1 Å². The van der Waals surface area contributed by atoms with Crippen LogP contribution in [-0.4, -0.2) is 35.2 Å². The summed E-state index contributed by atoms with van der Waals surface area (Å²) in [5.41, 5.74) is 0.297. The number of benzene rings is 1. The van der Waals surface area contributed by atoms with Crippen molar-refractivity contribution >= 4 is 5.91 Å². The van der Waals surface area contributed by atoms with Crippen LogP contribution in [0.3, 0.4) is 0 Å². The van der Waals surface area contributed by atoms with E-state index in [1.165, 1.54) is 29.2 Å². The molecule has 0 unspecified atom stereocenters. The van der Waals surface area contributed by atoms with Crippen LogP contribution in [0.15, 0.2) is 24.3 Å². The van der Waals surface area contributed by atoms with Crippen molar-refractivity contribution in [2.75, 3.05) is 13.1 Å². The number of carbonyl (C=O) groups excluding carboxylic acids is 1. The first-order chi connectivity index (χ1) is 8.88. The molecular weight excluding hydrogens is 259 g/mol. The molecule has 1 aromatic rings. The molecule has 0 spiro atoms. The predicted molar refractivity (Wildman–Crippen MR) is 62.8 cm³/mol. The van der Waals surface area contributed by atoms with Crippen LogP contribution >= 0.6 is 0 Å². The van der Waals surface area contributed by atoms with Crippen molar-refractivity contribution in [3.05, 3.63) is 29.8 Å². The fraction of sp³-hybridized carbons (Fsp3) is 0.462. The van der Waals surface area contributed by atoms with E-state index in [4.69, 9.17) is 0 Å². The molecule has 0 aromatic heterocycles. The van der Waals surface area contributed by atoms with Gasteiger partial charge in [0.05, 0.1) is 5.92 Å². The Bertz CT molecular complexity index is 465. The SMILES string of the molecule is O=C(c1cccc(O)c1)N1CCC(C(F)(F)F)CC1. The fourth-order valence-electron chi connectivity index (χ4n) is 2.23. The number of carbonyl (C=O) groups is 1. The van der Waals surface area contributed by atoms with Gasteiger partial charge in [0.1, 0.15) is 5.75 Å². The molecule has 1 aliphatic rings. The summed E-state index contributed by atoms with van der Waals surface area (Å²) >= 11 is 0. The van der Waals surface area contributed by atoms with Crippen molar-refractivity contribution in [2.24, 2.45) is 5.92 Å². The fourth-order valence-corrected chi connectivity index (χ4v) is 2.23. The number of alkyl halides is 3. The molecule has 19 heavy (non-hydrogen) atoms. The first-order valence-electron chi connectivity index (χ1n) is 6.03. The highest BCUT2D eigenvalue weighted by atomic mass is 19.4. The minimum atomic E-state index is -4.18.